The maximum Gasteiger partial charge on any atom is 0.416 e. The van der Waals surface area contributed by atoms with Gasteiger partial charge in [-0.25, -0.2) is 13.2 Å². The normalized spacial score (nSPS) is 17.4. The molecule has 0 radical (unpaired) electrons. The van der Waals surface area contributed by atoms with Gasteiger partial charge in [-0.2, -0.15) is 39.4 Å². The second-order valence-electron chi connectivity index (χ2n) is 7.99. The van der Waals surface area contributed by atoms with Crippen molar-refractivity contribution < 1.29 is 35.5 Å². The molecule has 14 heteroatoms. The molecule has 2 amide bonds. The fourth-order valence-corrected chi connectivity index (χ4v) is 7.20. The lowest BCUT2D eigenvalue weighted by atomic mass is 10.1. The molecule has 1 aliphatic rings. The van der Waals surface area contributed by atoms with Crippen LogP contribution in [-0.4, -0.2) is 52.5 Å². The maximum absolute atomic E-state index is 13.2. The van der Waals surface area contributed by atoms with Crippen LogP contribution in [0.5, 0.6) is 0 Å². The van der Waals surface area contributed by atoms with Crippen LogP contribution in [0.3, 0.4) is 0 Å². The van der Waals surface area contributed by atoms with Crippen LogP contribution in [0.1, 0.15) is 5.56 Å². The zero-order valence-electron chi connectivity index (χ0n) is 18.5. The number of hydrogen-bond donors (Lipinski definition) is 4. The molecule has 36 heavy (non-hydrogen) atoms. The third-order valence-corrected chi connectivity index (χ3v) is 9.74. The Kier molecular flexibility index (Phi) is 7.37. The van der Waals surface area contributed by atoms with Gasteiger partial charge in [-0.3, -0.25) is 9.11 Å². The Morgan fingerprint density at radius 1 is 1.03 bits per heavy atom. The molecule has 8 nitrogen and oxygen atoms in total. The van der Waals surface area contributed by atoms with Crippen molar-refractivity contribution >= 4 is 49.4 Å². The molecular formula is C22H22F3N3O5S3. The Morgan fingerprint density at radius 3 is 2.39 bits per heavy atom. The summed E-state index contributed by atoms with van der Waals surface area (Å²) < 4.78 is 86.1. The van der Waals surface area contributed by atoms with Gasteiger partial charge in [-0.1, -0.05) is 12.1 Å². The van der Waals surface area contributed by atoms with Crippen molar-refractivity contribution in [3.8, 4) is 11.1 Å². The van der Waals surface area contributed by atoms with Crippen LogP contribution in [0.25, 0.3) is 11.1 Å². The first-order valence-electron chi connectivity index (χ1n) is 10.5. The van der Waals surface area contributed by atoms with Crippen LogP contribution >= 0.6 is 21.9 Å². The van der Waals surface area contributed by atoms with Gasteiger partial charge < -0.3 is 10.6 Å². The number of anilines is 2. The quantitative estimate of drug-likeness (QED) is 0.312. The second kappa shape index (κ2) is 10.0. The molecule has 0 unspecified atom stereocenters. The van der Waals surface area contributed by atoms with Gasteiger partial charge in [0, 0.05) is 24.3 Å². The molecule has 0 atom stereocenters. The Hall–Kier alpha value is -2.62. The highest BCUT2D eigenvalue weighted by Crippen LogP contribution is 2.42. The Morgan fingerprint density at radius 2 is 1.75 bits per heavy atom. The summed E-state index contributed by atoms with van der Waals surface area (Å²) in [7, 11) is -6.81. The van der Waals surface area contributed by atoms with Gasteiger partial charge in [0.15, 0.2) is 0 Å². The maximum atomic E-state index is 13.2. The summed E-state index contributed by atoms with van der Waals surface area (Å²) in [6.07, 6.45) is -4.58. The molecule has 3 aromatic rings. The van der Waals surface area contributed by atoms with E-state index < -0.39 is 38.4 Å². The summed E-state index contributed by atoms with van der Waals surface area (Å²) in [6.45, 7) is -0.120. The number of sulfonamides is 1. The van der Waals surface area contributed by atoms with Gasteiger partial charge >= 0.3 is 12.2 Å². The topological polar surface area (TPSA) is 119 Å². The van der Waals surface area contributed by atoms with Crippen molar-refractivity contribution in [3.63, 3.8) is 0 Å². The largest absolute Gasteiger partial charge is 0.416 e. The predicted molar refractivity (Wildman–Crippen MR) is 135 cm³/mol. The molecule has 1 saturated heterocycles. The minimum atomic E-state index is -4.58. The second-order valence-corrected chi connectivity index (χ2v) is 13.1. The predicted octanol–water partition coefficient (Wildman–Crippen LogP) is 5.83. The number of carbonyl (C=O) groups excluding carboxylic acids is 1. The highest BCUT2D eigenvalue weighted by atomic mass is 32.3. The number of halogens is 3. The molecule has 1 aliphatic heterocycles. The van der Waals surface area contributed by atoms with Crippen molar-refractivity contribution in [2.75, 3.05) is 35.2 Å². The number of hydrogen-bond acceptors (Lipinski definition) is 6. The third kappa shape index (κ3) is 6.02. The van der Waals surface area contributed by atoms with Crippen LogP contribution < -0.4 is 10.6 Å². The highest BCUT2D eigenvalue weighted by molar-refractivity contribution is 8.24. The summed E-state index contributed by atoms with van der Waals surface area (Å²) >= 11 is 1.39. The first-order chi connectivity index (χ1) is 16.8. The van der Waals surface area contributed by atoms with Gasteiger partial charge in [0.25, 0.3) is 0 Å². The van der Waals surface area contributed by atoms with E-state index in [9.17, 15) is 35.5 Å². The van der Waals surface area contributed by atoms with E-state index in [1.807, 2.05) is 0 Å². The van der Waals surface area contributed by atoms with Crippen LogP contribution in [0, 0.1) is 0 Å². The van der Waals surface area contributed by atoms with Gasteiger partial charge in [0.2, 0.25) is 10.0 Å². The summed E-state index contributed by atoms with van der Waals surface area (Å²) in [5.41, 5.74) is 0.355. The zero-order valence-corrected chi connectivity index (χ0v) is 21.0. The smallest absolute Gasteiger partial charge is 0.308 e. The SMILES string of the molecule is O=C(Nc1cccc(C(F)(F)F)c1)Nc1cc(S(=O)(=O)N2CCS(O)(O)CC2)ccc1-c1ccsc1. The summed E-state index contributed by atoms with van der Waals surface area (Å²) in [6, 6.07) is 9.27. The highest BCUT2D eigenvalue weighted by Gasteiger charge is 2.32. The van der Waals surface area contributed by atoms with Gasteiger partial charge in [0.05, 0.1) is 27.7 Å². The van der Waals surface area contributed by atoms with Crippen molar-refractivity contribution in [3.05, 3.63) is 64.9 Å². The van der Waals surface area contributed by atoms with E-state index in [1.165, 1.54) is 35.6 Å². The molecule has 0 aliphatic carbocycles. The van der Waals surface area contributed by atoms with Gasteiger partial charge in [0.1, 0.15) is 0 Å². The number of benzene rings is 2. The lowest BCUT2D eigenvalue weighted by Gasteiger charge is -2.40. The number of urea groups is 1. The van der Waals surface area contributed by atoms with E-state index >= 15 is 0 Å². The number of amides is 2. The lowest BCUT2D eigenvalue weighted by molar-refractivity contribution is -0.137. The molecule has 1 fully saturated rings. The number of carbonyl (C=O) groups is 1. The van der Waals surface area contributed by atoms with Crippen molar-refractivity contribution in [2.24, 2.45) is 0 Å². The molecule has 4 N–H and O–H groups in total. The fraction of sp³-hybridized carbons (Fsp3) is 0.227. The van der Waals surface area contributed by atoms with Crippen LogP contribution in [0.2, 0.25) is 0 Å². The van der Waals surface area contributed by atoms with E-state index in [2.05, 4.69) is 10.6 Å². The monoisotopic (exact) mass is 561 g/mol. The minimum absolute atomic E-state index is 0.0598. The summed E-state index contributed by atoms with van der Waals surface area (Å²) in [5.74, 6) is -0.132. The average Bonchev–Trinajstić information content (AvgIpc) is 3.33. The van der Waals surface area contributed by atoms with Gasteiger partial charge in [-0.15, -0.1) is 0 Å². The van der Waals surface area contributed by atoms with Gasteiger partial charge in [-0.05, 0) is 52.7 Å². The first-order valence-corrected chi connectivity index (χ1v) is 14.8. The molecule has 194 valence electrons. The fourth-order valence-electron chi connectivity index (χ4n) is 3.61. The van der Waals surface area contributed by atoms with Crippen LogP contribution in [-0.2, 0) is 16.2 Å². The summed E-state index contributed by atoms with van der Waals surface area (Å²) in [5, 5.41) is 8.50. The first kappa shape index (κ1) is 26.4. The lowest BCUT2D eigenvalue weighted by Crippen LogP contribution is -2.42. The van der Waals surface area contributed by atoms with Crippen molar-refractivity contribution in [1.82, 2.24) is 4.31 Å². The Balaban J connectivity index is 1.61. The average molecular weight is 562 g/mol. The molecule has 1 aromatic heterocycles. The van der Waals surface area contributed by atoms with E-state index in [-0.39, 0.29) is 40.9 Å². The van der Waals surface area contributed by atoms with E-state index in [1.54, 1.807) is 16.8 Å². The third-order valence-electron chi connectivity index (χ3n) is 5.49. The molecule has 0 bridgehead atoms. The molecular weight excluding hydrogens is 539 g/mol. The number of nitrogens with zero attached hydrogens (tertiary/aromatic N) is 1. The number of alkyl halides is 3. The molecule has 0 saturated carbocycles. The number of rotatable bonds is 5. The van der Waals surface area contributed by atoms with E-state index in [0.717, 1.165) is 22.5 Å². The Labute approximate surface area is 211 Å². The standard InChI is InChI=1S/C22H22F3N3O5S3/c23-22(24,25)16-2-1-3-17(12-16)26-21(29)27-20-13-18(4-5-19(20)15-6-9-34-14-15)36(32,33)28-7-10-35(30,31)11-8-28/h1-6,9,12-14,30-31H,7-8,10-11H2,(H2,26,27,29). The Bertz CT molecular complexity index is 1350. The number of nitrogens with one attached hydrogen (secondary N) is 2. The van der Waals surface area contributed by atoms with Crippen molar-refractivity contribution in [1.29, 1.82) is 0 Å². The molecule has 2 heterocycles. The molecule has 4 rings (SSSR count). The molecule has 2 aromatic carbocycles. The molecule has 0 spiro atoms. The van der Waals surface area contributed by atoms with Crippen molar-refractivity contribution in [2.45, 2.75) is 11.1 Å². The zero-order chi connectivity index (χ0) is 26.1. The number of thiophene rings is 1. The van der Waals surface area contributed by atoms with E-state index in [4.69, 9.17) is 0 Å². The van der Waals surface area contributed by atoms with Crippen LogP contribution in [0.15, 0.2) is 64.2 Å². The van der Waals surface area contributed by atoms with Crippen LogP contribution in [0.4, 0.5) is 29.3 Å². The minimum Gasteiger partial charge on any atom is -0.308 e. The van der Waals surface area contributed by atoms with E-state index in [0.29, 0.717) is 11.1 Å². The summed E-state index contributed by atoms with van der Waals surface area (Å²) in [4.78, 5) is 12.6.